The first-order valence-electron chi connectivity index (χ1n) is 12.7. The average molecular weight is 564 g/mol. The van der Waals surface area contributed by atoms with Gasteiger partial charge >= 0.3 is 0 Å². The predicted octanol–water partition coefficient (Wildman–Crippen LogP) is 5.67. The number of H-pyrrole nitrogens is 1. The molecule has 1 fully saturated rings. The van der Waals surface area contributed by atoms with E-state index in [2.05, 4.69) is 19.8 Å². The number of nitrogens with zero attached hydrogens (tertiary/aromatic N) is 4. The van der Waals surface area contributed by atoms with Gasteiger partial charge in [0.15, 0.2) is 11.6 Å². The number of carbonyl (C=O) groups excluding carboxylic acids is 1. The van der Waals surface area contributed by atoms with Gasteiger partial charge in [-0.2, -0.15) is 5.10 Å². The van der Waals surface area contributed by atoms with Crippen LogP contribution in [-0.2, 0) is 0 Å². The third kappa shape index (κ3) is 4.73. The van der Waals surface area contributed by atoms with E-state index in [1.54, 1.807) is 24.3 Å². The number of pyridine rings is 1. The smallest absolute Gasteiger partial charge is 0.219 e. The molecule has 9 nitrogen and oxygen atoms in total. The summed E-state index contributed by atoms with van der Waals surface area (Å²) in [7, 11) is 0. The van der Waals surface area contributed by atoms with Crippen LogP contribution >= 0.6 is 12.1 Å². The second-order valence-corrected chi connectivity index (χ2v) is 11.3. The quantitative estimate of drug-likeness (QED) is 0.203. The molecule has 1 aliphatic heterocycles. The number of anilines is 2. The third-order valence-electron chi connectivity index (χ3n) is 6.78. The number of aryl methyl sites for hydroxylation is 1. The maximum Gasteiger partial charge on any atom is 0.219 e. The molecule has 4 heterocycles. The molecule has 1 saturated heterocycles. The highest BCUT2D eigenvalue weighted by Crippen LogP contribution is 2.35. The largest absolute Gasteiger partial charge is 0.436 e. The van der Waals surface area contributed by atoms with Crippen LogP contribution in [0.5, 0.6) is 5.88 Å². The van der Waals surface area contributed by atoms with E-state index in [4.69, 9.17) is 10.5 Å². The Kier molecular flexibility index (Phi) is 6.38. The van der Waals surface area contributed by atoms with Gasteiger partial charge in [0, 0.05) is 41.2 Å². The van der Waals surface area contributed by atoms with E-state index in [-0.39, 0.29) is 45.9 Å². The molecule has 1 aliphatic carbocycles. The number of allylic oxidation sites excluding steroid dienone is 3. The second-order valence-electron chi connectivity index (χ2n) is 10.5. The van der Waals surface area contributed by atoms with Crippen LogP contribution in [-0.4, -0.2) is 37.6 Å². The Morgan fingerprint density at radius 3 is 2.65 bits per heavy atom. The number of ketones is 1. The van der Waals surface area contributed by atoms with Crippen LogP contribution in [0, 0.1) is 12.7 Å². The number of halogens is 2. The lowest BCUT2D eigenvalue weighted by molar-refractivity contribution is 0.103. The maximum absolute atomic E-state index is 15.0. The number of hydrogen-bond acceptors (Lipinski definition) is 8. The fourth-order valence-electron chi connectivity index (χ4n) is 4.69. The van der Waals surface area contributed by atoms with Crippen molar-refractivity contribution in [3.05, 3.63) is 83.0 Å². The Balaban J connectivity index is 1.25. The Hall–Kier alpha value is -4.16. The minimum atomic E-state index is -0.416. The molecule has 0 saturated carbocycles. The minimum absolute atomic E-state index is 0.125. The zero-order valence-electron chi connectivity index (χ0n) is 22.1. The molecule has 0 amide bonds. The number of carbonyl (C=O) groups is 1. The monoisotopic (exact) mass is 563 g/mol. The predicted molar refractivity (Wildman–Crippen MR) is 151 cm³/mol. The Morgan fingerprint density at radius 2 is 1.93 bits per heavy atom. The van der Waals surface area contributed by atoms with Crippen molar-refractivity contribution in [3.63, 3.8) is 0 Å². The van der Waals surface area contributed by atoms with Crippen LogP contribution in [0.3, 0.4) is 0 Å². The van der Waals surface area contributed by atoms with Crippen molar-refractivity contribution >= 4 is 40.3 Å². The summed E-state index contributed by atoms with van der Waals surface area (Å²) < 4.78 is 41.1. The number of hydrogen-bond donors (Lipinski definition) is 3. The first kappa shape index (κ1) is 26.1. The van der Waals surface area contributed by atoms with Crippen molar-refractivity contribution in [3.8, 4) is 11.6 Å². The molecule has 0 unspecified atom stereocenters. The molecule has 0 atom stereocenters. The number of nitrogens with one attached hydrogen (secondary N) is 2. The van der Waals surface area contributed by atoms with Crippen LogP contribution in [0.1, 0.15) is 48.3 Å². The van der Waals surface area contributed by atoms with Gasteiger partial charge in [0.1, 0.15) is 11.6 Å². The Bertz CT molecular complexity index is 1720. The summed E-state index contributed by atoms with van der Waals surface area (Å²) in [4.78, 5) is 20.8. The highest BCUT2D eigenvalue weighted by molar-refractivity contribution is 7.99. The number of aromatic nitrogens is 4. The van der Waals surface area contributed by atoms with Crippen molar-refractivity contribution in [2.45, 2.75) is 39.2 Å². The van der Waals surface area contributed by atoms with Crippen LogP contribution in [0.25, 0.3) is 16.6 Å². The number of rotatable bonds is 6. The van der Waals surface area contributed by atoms with Gasteiger partial charge in [-0.25, -0.2) is 23.2 Å². The van der Waals surface area contributed by atoms with E-state index in [0.29, 0.717) is 47.2 Å². The molecule has 6 rings (SSSR count). The number of ether oxygens (including phenoxy) is 1. The van der Waals surface area contributed by atoms with Gasteiger partial charge in [-0.15, -0.1) is 0 Å². The van der Waals surface area contributed by atoms with Gasteiger partial charge in [-0.05, 0) is 69.5 Å². The topological polar surface area (TPSA) is 114 Å². The van der Waals surface area contributed by atoms with E-state index in [1.807, 2.05) is 25.1 Å². The lowest BCUT2D eigenvalue weighted by Gasteiger charge is -2.18. The molecular formula is C28H27F2N7O2S. The summed E-state index contributed by atoms with van der Waals surface area (Å²) in [5.74, 6) is -0.671. The third-order valence-corrected chi connectivity index (χ3v) is 7.97. The van der Waals surface area contributed by atoms with Gasteiger partial charge in [0.2, 0.25) is 11.7 Å². The molecule has 40 heavy (non-hydrogen) atoms. The first-order chi connectivity index (χ1) is 19.1. The summed E-state index contributed by atoms with van der Waals surface area (Å²) >= 11 is 1.35. The van der Waals surface area contributed by atoms with Gasteiger partial charge in [-0.1, -0.05) is 0 Å². The molecule has 0 spiro atoms. The lowest BCUT2D eigenvalue weighted by atomic mass is 10.1. The zero-order valence-corrected chi connectivity index (χ0v) is 22.9. The number of nitrogen functional groups attached to an aromatic ring is 1. The van der Waals surface area contributed by atoms with Crippen molar-refractivity contribution in [1.82, 2.24) is 24.5 Å². The zero-order chi connectivity index (χ0) is 28.2. The second kappa shape index (κ2) is 9.79. The van der Waals surface area contributed by atoms with E-state index in [9.17, 15) is 13.6 Å². The summed E-state index contributed by atoms with van der Waals surface area (Å²) in [6.07, 6.45) is 7.39. The van der Waals surface area contributed by atoms with Gasteiger partial charge < -0.3 is 15.5 Å². The number of fused-ring (bicyclic) bond motifs is 1. The Morgan fingerprint density at radius 1 is 1.12 bits per heavy atom. The fourth-order valence-corrected chi connectivity index (χ4v) is 5.74. The van der Waals surface area contributed by atoms with Crippen molar-refractivity contribution in [1.29, 1.82) is 0 Å². The molecule has 4 aromatic rings. The molecule has 0 radical (unpaired) electrons. The molecule has 1 aromatic carbocycles. The molecule has 4 N–H and O–H groups in total. The maximum atomic E-state index is 15.0. The van der Waals surface area contributed by atoms with Crippen LogP contribution in [0.4, 0.5) is 20.3 Å². The molecular weight excluding hydrogens is 536 g/mol. The highest BCUT2D eigenvalue weighted by Gasteiger charge is 2.32. The van der Waals surface area contributed by atoms with Gasteiger partial charge in [0.05, 0.1) is 35.0 Å². The highest BCUT2D eigenvalue weighted by atomic mass is 32.2. The van der Waals surface area contributed by atoms with Crippen molar-refractivity contribution in [2.75, 3.05) is 16.6 Å². The van der Waals surface area contributed by atoms with Crippen molar-refractivity contribution < 1.29 is 18.3 Å². The fraction of sp³-hybridized carbons (Fsp3) is 0.250. The average Bonchev–Trinajstić information content (AvgIpc) is 3.60. The van der Waals surface area contributed by atoms with Crippen LogP contribution in [0.2, 0.25) is 0 Å². The SMILES string of the molecule is Cc1cc(OC2=CCCC=C2F)ncc1-n1ncc(C(=O)c2cc3cc(F)c(N4CC(C)(C)NS4)cc3[nH]2)c1N. The lowest BCUT2D eigenvalue weighted by Crippen LogP contribution is -2.34. The van der Waals surface area contributed by atoms with Gasteiger partial charge in [0.25, 0.3) is 0 Å². The van der Waals surface area contributed by atoms with E-state index in [1.165, 1.54) is 41.4 Å². The van der Waals surface area contributed by atoms with Crippen molar-refractivity contribution in [2.24, 2.45) is 0 Å². The van der Waals surface area contributed by atoms with Gasteiger partial charge in [-0.3, -0.25) is 9.10 Å². The summed E-state index contributed by atoms with van der Waals surface area (Å²) in [5, 5.41) is 4.89. The summed E-state index contributed by atoms with van der Waals surface area (Å²) in [6, 6.07) is 6.38. The molecule has 12 heteroatoms. The number of benzene rings is 1. The van der Waals surface area contributed by atoms with E-state index >= 15 is 0 Å². The molecule has 206 valence electrons. The van der Waals surface area contributed by atoms with Crippen LogP contribution < -0.4 is 19.5 Å². The van der Waals surface area contributed by atoms with E-state index in [0.717, 1.165) is 0 Å². The molecule has 3 aromatic heterocycles. The standard InChI is InChI=1S/C28H27F2N7O2S/c1-15-8-25(39-24-7-5-4-6-18(24)29)32-13-23(15)37-27(31)17(12-33-37)26(38)21-10-16-9-19(30)22(11-20(16)34-21)36-14-28(2,3)35-40-36/h6-13,34-35H,4-5,14,31H2,1-3H3. The Labute approximate surface area is 233 Å². The summed E-state index contributed by atoms with van der Waals surface area (Å²) in [6.45, 7) is 6.52. The first-order valence-corrected chi connectivity index (χ1v) is 13.5. The van der Waals surface area contributed by atoms with Crippen LogP contribution in [0.15, 0.2) is 60.4 Å². The normalized spacial score (nSPS) is 16.8. The molecule has 2 aliphatic rings. The number of aromatic amines is 1. The van der Waals surface area contributed by atoms with E-state index < -0.39 is 5.83 Å². The minimum Gasteiger partial charge on any atom is -0.436 e. The molecule has 0 bridgehead atoms. The number of nitrogens with two attached hydrogens (primary N) is 1. The summed E-state index contributed by atoms with van der Waals surface area (Å²) in [5.41, 5.74) is 8.97.